The molecule has 0 N–H and O–H groups in total. The van der Waals surface area contributed by atoms with Gasteiger partial charge < -0.3 is 4.90 Å². The lowest BCUT2D eigenvalue weighted by atomic mass is 9.90. The summed E-state index contributed by atoms with van der Waals surface area (Å²) in [7, 11) is 0. The monoisotopic (exact) mass is 298 g/mol. The van der Waals surface area contributed by atoms with Crippen molar-refractivity contribution in [2.75, 3.05) is 11.4 Å². The average molecular weight is 298 g/mol. The number of nitrogens with zero attached hydrogens (tertiary/aromatic N) is 4. The molecule has 0 radical (unpaired) electrons. The van der Waals surface area contributed by atoms with E-state index >= 15 is 0 Å². The van der Waals surface area contributed by atoms with Crippen LogP contribution >= 0.6 is 0 Å². The van der Waals surface area contributed by atoms with Gasteiger partial charge in [0.1, 0.15) is 12.7 Å². The second-order valence-corrected chi connectivity index (χ2v) is 6.18. The second-order valence-electron chi connectivity index (χ2n) is 6.18. The third-order valence-corrected chi connectivity index (χ3v) is 4.36. The SMILES string of the molecule is CC(C)C1CN(C(=O)CCCn2cncn2)c2ccccc21. The zero-order valence-electron chi connectivity index (χ0n) is 13.1. The minimum Gasteiger partial charge on any atom is -0.312 e. The lowest BCUT2D eigenvalue weighted by Gasteiger charge is -2.19. The number of anilines is 1. The van der Waals surface area contributed by atoms with E-state index in [0.29, 0.717) is 18.3 Å². The van der Waals surface area contributed by atoms with E-state index in [1.807, 2.05) is 11.0 Å². The smallest absolute Gasteiger partial charge is 0.227 e. The molecule has 1 aliphatic rings. The lowest BCUT2D eigenvalue weighted by molar-refractivity contribution is -0.118. The zero-order valence-corrected chi connectivity index (χ0v) is 13.1. The summed E-state index contributed by atoms with van der Waals surface area (Å²) in [5.41, 5.74) is 2.40. The molecular formula is C17H22N4O. The highest BCUT2D eigenvalue weighted by Gasteiger charge is 2.33. The number of hydrogen-bond donors (Lipinski definition) is 0. The van der Waals surface area contributed by atoms with Gasteiger partial charge in [-0.25, -0.2) is 4.98 Å². The predicted octanol–water partition coefficient (Wildman–Crippen LogP) is 2.84. The molecule has 0 aliphatic carbocycles. The maximum Gasteiger partial charge on any atom is 0.227 e. The van der Waals surface area contributed by atoms with Gasteiger partial charge in [0.2, 0.25) is 5.91 Å². The van der Waals surface area contributed by atoms with Gasteiger partial charge >= 0.3 is 0 Å². The third kappa shape index (κ3) is 2.89. The van der Waals surface area contributed by atoms with Crippen LogP contribution in [0.5, 0.6) is 0 Å². The summed E-state index contributed by atoms with van der Waals surface area (Å²) < 4.78 is 1.77. The molecule has 1 aliphatic heterocycles. The number of fused-ring (bicyclic) bond motifs is 1. The number of benzene rings is 1. The molecule has 1 aromatic carbocycles. The first-order valence-corrected chi connectivity index (χ1v) is 7.88. The summed E-state index contributed by atoms with van der Waals surface area (Å²) in [5.74, 6) is 1.18. The van der Waals surface area contributed by atoms with Gasteiger partial charge in [-0.15, -0.1) is 0 Å². The van der Waals surface area contributed by atoms with Crippen molar-refractivity contribution in [3.8, 4) is 0 Å². The van der Waals surface area contributed by atoms with Gasteiger partial charge in [-0.05, 0) is 24.0 Å². The molecule has 0 saturated carbocycles. The largest absolute Gasteiger partial charge is 0.312 e. The first-order valence-electron chi connectivity index (χ1n) is 7.88. The van der Waals surface area contributed by atoms with Crippen LogP contribution in [0.2, 0.25) is 0 Å². The number of hydrogen-bond acceptors (Lipinski definition) is 3. The molecule has 0 saturated heterocycles. The number of rotatable bonds is 5. The Bertz CT molecular complexity index is 636. The Morgan fingerprint density at radius 1 is 1.36 bits per heavy atom. The summed E-state index contributed by atoms with van der Waals surface area (Å²) in [6, 6.07) is 8.29. The highest BCUT2D eigenvalue weighted by molar-refractivity contribution is 5.95. The van der Waals surface area contributed by atoms with E-state index in [9.17, 15) is 4.79 Å². The molecule has 22 heavy (non-hydrogen) atoms. The van der Waals surface area contributed by atoms with Crippen molar-refractivity contribution in [3.05, 3.63) is 42.5 Å². The van der Waals surface area contributed by atoms with Gasteiger partial charge in [-0.1, -0.05) is 32.0 Å². The molecule has 1 atom stereocenters. The van der Waals surface area contributed by atoms with Crippen LogP contribution in [0, 0.1) is 5.92 Å². The second kappa shape index (κ2) is 6.30. The van der Waals surface area contributed by atoms with Crippen molar-refractivity contribution in [1.29, 1.82) is 0 Å². The summed E-state index contributed by atoms with van der Waals surface area (Å²) in [6.07, 6.45) is 4.53. The number of aromatic nitrogens is 3. The fourth-order valence-electron chi connectivity index (χ4n) is 3.12. The Balaban J connectivity index is 1.65. The van der Waals surface area contributed by atoms with Crippen LogP contribution in [-0.4, -0.2) is 27.2 Å². The number of para-hydroxylation sites is 1. The molecular weight excluding hydrogens is 276 g/mol. The highest BCUT2D eigenvalue weighted by Crippen LogP contribution is 2.40. The first-order chi connectivity index (χ1) is 10.7. The van der Waals surface area contributed by atoms with Crippen molar-refractivity contribution in [1.82, 2.24) is 14.8 Å². The number of carbonyl (C=O) groups excluding carboxylic acids is 1. The summed E-state index contributed by atoms with van der Waals surface area (Å²) in [5, 5.41) is 4.06. The van der Waals surface area contributed by atoms with Crippen molar-refractivity contribution in [2.24, 2.45) is 5.92 Å². The fraction of sp³-hybridized carbons (Fsp3) is 0.471. The van der Waals surface area contributed by atoms with E-state index in [1.165, 1.54) is 11.9 Å². The fourth-order valence-corrected chi connectivity index (χ4v) is 3.12. The van der Waals surface area contributed by atoms with Crippen LogP contribution in [-0.2, 0) is 11.3 Å². The minimum atomic E-state index is 0.204. The third-order valence-electron chi connectivity index (χ3n) is 4.36. The van der Waals surface area contributed by atoms with Crippen LogP contribution in [0.25, 0.3) is 0 Å². The van der Waals surface area contributed by atoms with Gasteiger partial charge in [0.15, 0.2) is 0 Å². The molecule has 0 fully saturated rings. The van der Waals surface area contributed by atoms with Crippen molar-refractivity contribution < 1.29 is 4.79 Å². The highest BCUT2D eigenvalue weighted by atomic mass is 16.2. The summed E-state index contributed by atoms with van der Waals surface area (Å²) in [6.45, 7) is 5.98. The van der Waals surface area contributed by atoms with Gasteiger partial charge in [-0.3, -0.25) is 9.48 Å². The standard InChI is InChI=1S/C17H22N4O/c1-13(2)15-10-21(16-7-4-3-6-14(15)16)17(22)8-5-9-20-12-18-11-19-20/h3-4,6-7,11-13,15H,5,8-10H2,1-2H3. The van der Waals surface area contributed by atoms with Crippen molar-refractivity contribution in [3.63, 3.8) is 0 Å². The Kier molecular flexibility index (Phi) is 4.22. The van der Waals surface area contributed by atoms with E-state index in [1.54, 1.807) is 11.0 Å². The van der Waals surface area contributed by atoms with Gasteiger partial charge in [0.05, 0.1) is 0 Å². The number of amides is 1. The number of aryl methyl sites for hydroxylation is 1. The molecule has 1 unspecified atom stereocenters. The predicted molar refractivity (Wildman–Crippen MR) is 85.6 cm³/mol. The Morgan fingerprint density at radius 3 is 2.91 bits per heavy atom. The molecule has 2 heterocycles. The van der Waals surface area contributed by atoms with Gasteiger partial charge in [0.25, 0.3) is 0 Å². The van der Waals surface area contributed by atoms with Gasteiger partial charge in [0, 0.05) is 31.1 Å². The summed E-state index contributed by atoms with van der Waals surface area (Å²) >= 11 is 0. The van der Waals surface area contributed by atoms with Crippen LogP contribution in [0.4, 0.5) is 5.69 Å². The molecule has 116 valence electrons. The quantitative estimate of drug-likeness (QED) is 0.853. The Morgan fingerprint density at radius 2 is 2.18 bits per heavy atom. The van der Waals surface area contributed by atoms with Crippen molar-refractivity contribution in [2.45, 2.75) is 39.2 Å². The molecule has 0 spiro atoms. The zero-order chi connectivity index (χ0) is 15.5. The maximum absolute atomic E-state index is 12.6. The van der Waals surface area contributed by atoms with E-state index in [-0.39, 0.29) is 5.91 Å². The molecule has 1 aromatic heterocycles. The Hall–Kier alpha value is -2.17. The summed E-state index contributed by atoms with van der Waals surface area (Å²) in [4.78, 5) is 18.5. The van der Waals surface area contributed by atoms with Gasteiger partial charge in [-0.2, -0.15) is 5.10 Å². The average Bonchev–Trinajstić information content (AvgIpc) is 3.14. The minimum absolute atomic E-state index is 0.204. The van der Waals surface area contributed by atoms with Crippen LogP contribution in [0.3, 0.4) is 0 Å². The molecule has 5 nitrogen and oxygen atoms in total. The van der Waals surface area contributed by atoms with E-state index in [4.69, 9.17) is 0 Å². The van der Waals surface area contributed by atoms with Crippen LogP contribution < -0.4 is 4.90 Å². The van der Waals surface area contributed by atoms with E-state index in [2.05, 4.69) is 42.1 Å². The molecule has 3 rings (SSSR count). The van der Waals surface area contributed by atoms with Crippen LogP contribution in [0.1, 0.15) is 38.2 Å². The molecule has 5 heteroatoms. The Labute approximate surface area is 131 Å². The molecule has 2 aromatic rings. The molecule has 0 bridgehead atoms. The normalized spacial score (nSPS) is 17.0. The first kappa shape index (κ1) is 14.8. The lowest BCUT2D eigenvalue weighted by Crippen LogP contribution is -2.30. The topological polar surface area (TPSA) is 51.0 Å². The van der Waals surface area contributed by atoms with E-state index < -0.39 is 0 Å². The van der Waals surface area contributed by atoms with Crippen LogP contribution in [0.15, 0.2) is 36.9 Å². The number of carbonyl (C=O) groups is 1. The van der Waals surface area contributed by atoms with Crippen molar-refractivity contribution >= 4 is 11.6 Å². The van der Waals surface area contributed by atoms with E-state index in [0.717, 1.165) is 25.2 Å². The molecule has 1 amide bonds. The maximum atomic E-state index is 12.6.